The summed E-state index contributed by atoms with van der Waals surface area (Å²) in [4.78, 5) is 27.2. The number of ether oxygens (including phenoxy) is 1. The van der Waals surface area contributed by atoms with Crippen molar-refractivity contribution >= 4 is 28.2 Å². The Bertz CT molecular complexity index is 1560. The van der Waals surface area contributed by atoms with Crippen molar-refractivity contribution in [2.24, 2.45) is 4.99 Å². The number of nitrogens with one attached hydrogen (secondary N) is 1. The monoisotopic (exact) mass is 576 g/mol. The van der Waals surface area contributed by atoms with Crippen LogP contribution in [0.15, 0.2) is 46.3 Å². The van der Waals surface area contributed by atoms with Crippen LogP contribution < -0.4 is 5.32 Å². The molecule has 0 saturated carbocycles. The summed E-state index contributed by atoms with van der Waals surface area (Å²) in [6.07, 6.45) is -2.51. The molecule has 15 heteroatoms. The van der Waals surface area contributed by atoms with Crippen molar-refractivity contribution in [1.29, 1.82) is 0 Å². The number of carbonyl (C=O) groups excluding carboxylic acids is 1. The zero-order valence-electron chi connectivity index (χ0n) is 22.4. The van der Waals surface area contributed by atoms with E-state index in [-0.39, 0.29) is 36.0 Å². The van der Waals surface area contributed by atoms with Crippen LogP contribution in [0.4, 0.5) is 23.2 Å². The third-order valence-corrected chi connectivity index (χ3v) is 6.69. The number of hydrogen-bond acceptors (Lipinski definition) is 8. The van der Waals surface area contributed by atoms with E-state index in [9.17, 15) is 22.4 Å². The van der Waals surface area contributed by atoms with Crippen molar-refractivity contribution < 1.29 is 31.6 Å². The molecule has 3 aromatic heterocycles. The highest BCUT2D eigenvalue weighted by atomic mass is 19.4. The fourth-order valence-corrected chi connectivity index (χ4v) is 4.67. The Morgan fingerprint density at radius 1 is 1.32 bits per heavy atom. The first kappa shape index (κ1) is 28.4. The minimum Gasteiger partial charge on any atom is -0.383 e. The molecule has 0 aliphatic carbocycles. The first-order chi connectivity index (χ1) is 19.6. The number of piperidine rings is 1. The quantitative estimate of drug-likeness (QED) is 0.302. The number of aromatic nitrogens is 5. The van der Waals surface area contributed by atoms with Crippen LogP contribution in [0.1, 0.15) is 22.8 Å². The van der Waals surface area contributed by atoms with E-state index in [1.807, 2.05) is 11.9 Å². The molecule has 218 valence electrons. The van der Waals surface area contributed by atoms with Gasteiger partial charge in [0, 0.05) is 38.6 Å². The Balaban J connectivity index is 1.43. The average Bonchev–Trinajstić information content (AvgIpc) is 3.66. The first-order valence-electron chi connectivity index (χ1n) is 12.8. The summed E-state index contributed by atoms with van der Waals surface area (Å²) in [5.74, 6) is -0.554. The summed E-state index contributed by atoms with van der Waals surface area (Å²) < 4.78 is 68.5. The van der Waals surface area contributed by atoms with Crippen molar-refractivity contribution in [3.05, 3.63) is 48.4 Å². The molecule has 0 radical (unpaired) electrons. The molecule has 0 spiro atoms. The van der Waals surface area contributed by atoms with E-state index in [0.717, 1.165) is 4.57 Å². The van der Waals surface area contributed by atoms with Crippen LogP contribution in [-0.4, -0.2) is 87.0 Å². The zero-order chi connectivity index (χ0) is 29.1. The number of carbonyl (C=O) groups is 1. The molecular weight excluding hydrogens is 548 g/mol. The molecule has 1 aliphatic heterocycles. The van der Waals surface area contributed by atoms with Gasteiger partial charge in [-0.05, 0) is 25.2 Å². The maximum Gasteiger partial charge on any atom is 0.406 e. The van der Waals surface area contributed by atoms with E-state index < -0.39 is 24.8 Å². The third-order valence-electron chi connectivity index (χ3n) is 6.69. The molecule has 5 rings (SSSR count). The van der Waals surface area contributed by atoms with Crippen molar-refractivity contribution in [3.63, 3.8) is 0 Å². The van der Waals surface area contributed by atoms with Gasteiger partial charge >= 0.3 is 6.18 Å². The highest BCUT2D eigenvalue weighted by molar-refractivity contribution is 5.99. The Morgan fingerprint density at radius 2 is 2.15 bits per heavy atom. The third kappa shape index (κ3) is 6.46. The van der Waals surface area contributed by atoms with Crippen molar-refractivity contribution in [3.8, 4) is 11.5 Å². The number of hydrogen-bond donors (Lipinski definition) is 1. The largest absolute Gasteiger partial charge is 0.406 e. The highest BCUT2D eigenvalue weighted by Crippen LogP contribution is 2.35. The second-order valence-electron chi connectivity index (χ2n) is 9.68. The number of methoxy groups -OCH3 is 1. The van der Waals surface area contributed by atoms with Crippen LogP contribution in [-0.2, 0) is 24.4 Å². The van der Waals surface area contributed by atoms with Gasteiger partial charge in [0.05, 0.1) is 48.3 Å². The van der Waals surface area contributed by atoms with Crippen LogP contribution in [0, 0.1) is 0 Å². The summed E-state index contributed by atoms with van der Waals surface area (Å²) in [5, 5.41) is 6.92. The van der Waals surface area contributed by atoms with Gasteiger partial charge in [-0.1, -0.05) is 11.2 Å². The first-order valence-corrected chi connectivity index (χ1v) is 12.8. The molecule has 1 fully saturated rings. The van der Waals surface area contributed by atoms with Crippen molar-refractivity contribution in [1.82, 2.24) is 34.5 Å². The Hall–Kier alpha value is -4.11. The summed E-state index contributed by atoms with van der Waals surface area (Å²) in [6, 6.07) is 6.24. The van der Waals surface area contributed by atoms with Crippen LogP contribution in [0.3, 0.4) is 0 Å². The smallest absolute Gasteiger partial charge is 0.383 e. The van der Waals surface area contributed by atoms with Gasteiger partial charge in [0.2, 0.25) is 11.7 Å². The molecule has 1 N–H and O–H groups in total. The minimum atomic E-state index is -4.55. The second-order valence-corrected chi connectivity index (χ2v) is 9.68. The SMILES string of the molecule is COCCn1cncc1C(=O)NCc1nc(-c2cc3c(/N=C4\CCN(C)C[C@@H]4F)cccc3n2CC(F)(F)F)no1. The lowest BCUT2D eigenvalue weighted by atomic mass is 10.1. The molecule has 0 bridgehead atoms. The number of likely N-dealkylation sites (tertiary alicyclic amines) is 1. The van der Waals surface area contributed by atoms with Crippen LogP contribution in [0.25, 0.3) is 22.4 Å². The molecule has 1 amide bonds. The van der Waals surface area contributed by atoms with E-state index in [1.165, 1.54) is 24.7 Å². The van der Waals surface area contributed by atoms with Crippen LogP contribution in [0.5, 0.6) is 0 Å². The Kier molecular flexibility index (Phi) is 8.17. The molecule has 4 heterocycles. The predicted octanol–water partition coefficient (Wildman–Crippen LogP) is 3.77. The van der Waals surface area contributed by atoms with E-state index in [4.69, 9.17) is 9.26 Å². The van der Waals surface area contributed by atoms with Crippen molar-refractivity contribution in [2.75, 3.05) is 33.9 Å². The molecule has 1 aliphatic rings. The van der Waals surface area contributed by atoms with Gasteiger partial charge in [-0.3, -0.25) is 9.79 Å². The maximum absolute atomic E-state index is 14.7. The second kappa shape index (κ2) is 11.8. The number of alkyl halides is 4. The fraction of sp³-hybridized carbons (Fsp3) is 0.423. The van der Waals surface area contributed by atoms with Gasteiger partial charge in [-0.2, -0.15) is 18.2 Å². The predicted molar refractivity (Wildman–Crippen MR) is 141 cm³/mol. The number of nitrogens with zero attached hydrogens (tertiary/aromatic N) is 7. The molecule has 1 saturated heterocycles. The van der Waals surface area contributed by atoms with Gasteiger partial charge in [-0.15, -0.1) is 0 Å². The molecule has 11 nitrogen and oxygen atoms in total. The Labute approximate surface area is 231 Å². The lowest BCUT2D eigenvalue weighted by molar-refractivity contribution is -0.139. The molecule has 4 aromatic rings. The Morgan fingerprint density at radius 3 is 2.90 bits per heavy atom. The normalized spacial score (nSPS) is 17.5. The number of benzene rings is 1. The summed E-state index contributed by atoms with van der Waals surface area (Å²) in [5.41, 5.74) is 1.28. The molecule has 1 aromatic carbocycles. The van der Waals surface area contributed by atoms with Gasteiger partial charge in [-0.25, -0.2) is 9.37 Å². The molecule has 1 atom stereocenters. The summed E-state index contributed by atoms with van der Waals surface area (Å²) in [6.45, 7) is 0.167. The maximum atomic E-state index is 14.7. The van der Waals surface area contributed by atoms with Gasteiger partial charge in [0.25, 0.3) is 5.91 Å². The van der Waals surface area contributed by atoms with E-state index in [2.05, 4.69) is 25.4 Å². The van der Waals surface area contributed by atoms with Crippen LogP contribution >= 0.6 is 0 Å². The molecular formula is C26H28F4N8O3. The van der Waals surface area contributed by atoms with E-state index in [0.29, 0.717) is 48.6 Å². The number of amides is 1. The van der Waals surface area contributed by atoms with E-state index >= 15 is 0 Å². The fourth-order valence-electron chi connectivity index (χ4n) is 4.67. The standard InChI is InChI=1S/C26H28F4N8O3/c1-36-7-6-19(17(27)13-36)33-18-4-3-5-20-16(18)10-21(38(20)14-26(28,29)30)24-34-23(41-35-24)12-32-25(39)22-11-31-15-37(22)8-9-40-2/h3-5,10-11,15,17H,6-9,12-14H2,1-2H3,(H,32,39)/b33-19+/t17-/m0/s1. The molecule has 0 unspecified atom stereocenters. The van der Waals surface area contributed by atoms with Crippen LogP contribution in [0.2, 0.25) is 0 Å². The van der Waals surface area contributed by atoms with Gasteiger partial charge in [0.1, 0.15) is 12.2 Å². The molecule has 41 heavy (non-hydrogen) atoms. The summed E-state index contributed by atoms with van der Waals surface area (Å²) >= 11 is 0. The number of imidazole rings is 1. The average molecular weight is 577 g/mol. The van der Waals surface area contributed by atoms with E-state index in [1.54, 1.807) is 23.8 Å². The zero-order valence-corrected chi connectivity index (χ0v) is 22.4. The number of fused-ring (bicyclic) bond motifs is 1. The number of halogens is 4. The van der Waals surface area contributed by atoms with Crippen molar-refractivity contribution in [2.45, 2.75) is 38.4 Å². The lowest BCUT2D eigenvalue weighted by Gasteiger charge is -2.26. The number of aliphatic imine (C=N–C) groups is 1. The van der Waals surface area contributed by atoms with Gasteiger partial charge in [0.15, 0.2) is 6.17 Å². The number of rotatable bonds is 9. The minimum absolute atomic E-state index is 0.00724. The summed E-state index contributed by atoms with van der Waals surface area (Å²) in [7, 11) is 3.36. The van der Waals surface area contributed by atoms with Gasteiger partial charge < -0.3 is 28.6 Å². The lowest BCUT2D eigenvalue weighted by Crippen LogP contribution is -2.39. The highest BCUT2D eigenvalue weighted by Gasteiger charge is 2.31. The topological polar surface area (TPSA) is 116 Å².